The van der Waals surface area contributed by atoms with Gasteiger partial charge in [-0.3, -0.25) is 4.79 Å². The number of carbonyl (C=O) groups excluding carboxylic acids is 1. The fourth-order valence-electron chi connectivity index (χ4n) is 1.09. The van der Waals surface area contributed by atoms with Crippen LogP contribution in [0.2, 0.25) is 0 Å². The van der Waals surface area contributed by atoms with Gasteiger partial charge in [0.05, 0.1) is 11.3 Å². The Morgan fingerprint density at radius 3 is 2.35 bits per heavy atom. The number of hydrogen-bond donors (Lipinski definition) is 2. The Morgan fingerprint density at radius 1 is 1.41 bits per heavy atom. The first kappa shape index (κ1) is 16.3. The molecule has 0 spiro atoms. The quantitative estimate of drug-likeness (QED) is 0.608. The van der Waals surface area contributed by atoms with Crippen molar-refractivity contribution in [3.63, 3.8) is 0 Å². The van der Waals surface area contributed by atoms with Gasteiger partial charge in [0.25, 0.3) is 0 Å². The first-order valence-electron chi connectivity index (χ1n) is 5.62. The number of hydrogen-bond acceptors (Lipinski definition) is 4. The summed E-state index contributed by atoms with van der Waals surface area (Å²) in [6.07, 6.45) is 0.567. The lowest BCUT2D eigenvalue weighted by atomic mass is 10.1. The van der Waals surface area contributed by atoms with Gasteiger partial charge in [-0.15, -0.1) is 0 Å². The summed E-state index contributed by atoms with van der Waals surface area (Å²) in [6.45, 7) is 5.65. The van der Waals surface area contributed by atoms with Crippen molar-refractivity contribution in [1.82, 2.24) is 9.62 Å². The maximum Gasteiger partial charge on any atom is 0.239 e. The van der Waals surface area contributed by atoms with Crippen LogP contribution in [-0.2, 0) is 14.8 Å². The van der Waals surface area contributed by atoms with E-state index >= 15 is 0 Å². The van der Waals surface area contributed by atoms with Gasteiger partial charge in [-0.2, -0.15) is 0 Å². The molecule has 3 N–H and O–H groups in total. The van der Waals surface area contributed by atoms with Gasteiger partial charge in [-0.05, 0) is 27.2 Å². The molecule has 0 aromatic carbocycles. The number of rotatable bonds is 7. The Kier molecular flexibility index (Phi) is 6.08. The van der Waals surface area contributed by atoms with Gasteiger partial charge in [-0.25, -0.2) is 12.7 Å². The molecular formula is C10H23N3O3S. The average Bonchev–Trinajstić information content (AvgIpc) is 2.22. The van der Waals surface area contributed by atoms with E-state index in [0.29, 0.717) is 19.5 Å². The largest absolute Gasteiger partial charge is 0.354 e. The summed E-state index contributed by atoms with van der Waals surface area (Å²) in [6, 6.07) is 0. The van der Waals surface area contributed by atoms with E-state index in [4.69, 9.17) is 5.73 Å². The monoisotopic (exact) mass is 265 g/mol. The zero-order chi connectivity index (χ0) is 13.7. The van der Waals surface area contributed by atoms with E-state index in [1.165, 1.54) is 11.4 Å². The Bertz CT molecular complexity index is 346. The summed E-state index contributed by atoms with van der Waals surface area (Å²) in [5.41, 5.74) is 4.69. The third-order valence-electron chi connectivity index (χ3n) is 2.36. The molecule has 0 aromatic rings. The van der Waals surface area contributed by atoms with E-state index in [9.17, 15) is 13.2 Å². The highest BCUT2D eigenvalue weighted by atomic mass is 32.2. The maximum absolute atomic E-state index is 11.4. The van der Waals surface area contributed by atoms with Crippen LogP contribution in [0.15, 0.2) is 0 Å². The van der Waals surface area contributed by atoms with Crippen molar-refractivity contribution >= 4 is 15.9 Å². The van der Waals surface area contributed by atoms with Crippen molar-refractivity contribution in [2.24, 2.45) is 5.73 Å². The lowest BCUT2D eigenvalue weighted by Crippen LogP contribution is -2.49. The second kappa shape index (κ2) is 6.32. The van der Waals surface area contributed by atoms with Crippen LogP contribution >= 0.6 is 0 Å². The molecule has 0 rings (SSSR count). The highest BCUT2D eigenvalue weighted by molar-refractivity contribution is 7.89. The highest BCUT2D eigenvalue weighted by Crippen LogP contribution is 1.99. The van der Waals surface area contributed by atoms with Gasteiger partial charge in [0.2, 0.25) is 15.9 Å². The SMILES string of the molecule is CCS(=O)(=O)N(C)CCCNC(=O)C(C)(C)N. The lowest BCUT2D eigenvalue weighted by molar-refractivity contribution is -0.125. The van der Waals surface area contributed by atoms with Crippen LogP contribution in [0, 0.1) is 0 Å². The average molecular weight is 265 g/mol. The summed E-state index contributed by atoms with van der Waals surface area (Å²) in [4.78, 5) is 11.4. The van der Waals surface area contributed by atoms with Crippen molar-refractivity contribution in [3.05, 3.63) is 0 Å². The molecule has 1 amide bonds. The molecule has 6 nitrogen and oxygen atoms in total. The summed E-state index contributed by atoms with van der Waals surface area (Å²) < 4.78 is 24.1. The molecule has 0 unspecified atom stereocenters. The number of carbonyl (C=O) groups is 1. The van der Waals surface area contributed by atoms with Crippen LogP contribution in [-0.4, -0.2) is 50.1 Å². The molecule has 0 aliphatic rings. The van der Waals surface area contributed by atoms with Crippen molar-refractivity contribution in [3.8, 4) is 0 Å². The Labute approximate surface area is 104 Å². The number of amides is 1. The molecule has 0 aromatic heterocycles. The molecule has 0 saturated carbocycles. The summed E-state index contributed by atoms with van der Waals surface area (Å²) in [7, 11) is -1.60. The summed E-state index contributed by atoms with van der Waals surface area (Å²) in [5.74, 6) is -0.149. The van der Waals surface area contributed by atoms with Crippen LogP contribution in [0.5, 0.6) is 0 Å². The van der Waals surface area contributed by atoms with Gasteiger partial charge >= 0.3 is 0 Å². The van der Waals surface area contributed by atoms with Gasteiger partial charge in [-0.1, -0.05) is 0 Å². The minimum Gasteiger partial charge on any atom is -0.354 e. The number of sulfonamides is 1. The molecule has 102 valence electrons. The third kappa shape index (κ3) is 5.99. The molecule has 0 aliphatic heterocycles. The van der Waals surface area contributed by atoms with Gasteiger partial charge < -0.3 is 11.1 Å². The van der Waals surface area contributed by atoms with Gasteiger partial charge in [0, 0.05) is 20.1 Å². The van der Waals surface area contributed by atoms with Gasteiger partial charge in [0.1, 0.15) is 0 Å². The third-order valence-corrected chi connectivity index (χ3v) is 4.22. The maximum atomic E-state index is 11.4. The first-order valence-corrected chi connectivity index (χ1v) is 7.23. The number of nitrogens with zero attached hydrogens (tertiary/aromatic N) is 1. The van der Waals surface area contributed by atoms with E-state index in [1.54, 1.807) is 20.8 Å². The van der Waals surface area contributed by atoms with Crippen molar-refractivity contribution in [2.75, 3.05) is 25.9 Å². The molecule has 7 heteroatoms. The van der Waals surface area contributed by atoms with E-state index in [1.807, 2.05) is 0 Å². The lowest BCUT2D eigenvalue weighted by Gasteiger charge is -2.19. The van der Waals surface area contributed by atoms with Crippen molar-refractivity contribution in [1.29, 1.82) is 0 Å². The van der Waals surface area contributed by atoms with Crippen molar-refractivity contribution in [2.45, 2.75) is 32.7 Å². The zero-order valence-corrected chi connectivity index (χ0v) is 11.8. The minimum absolute atomic E-state index is 0.0890. The van der Waals surface area contributed by atoms with Crippen molar-refractivity contribution < 1.29 is 13.2 Å². The fraction of sp³-hybridized carbons (Fsp3) is 0.900. The van der Waals surface area contributed by atoms with Gasteiger partial charge in [0.15, 0.2) is 0 Å². The molecule has 0 bridgehead atoms. The van der Waals surface area contributed by atoms with Crippen LogP contribution in [0.3, 0.4) is 0 Å². The smallest absolute Gasteiger partial charge is 0.239 e. The second-order valence-electron chi connectivity index (χ2n) is 4.55. The zero-order valence-electron chi connectivity index (χ0n) is 11.0. The van der Waals surface area contributed by atoms with E-state index in [2.05, 4.69) is 5.32 Å². The standard InChI is InChI=1S/C10H23N3O3S/c1-5-17(15,16)13(4)8-6-7-12-9(14)10(2,3)11/h5-8,11H2,1-4H3,(H,12,14). The van der Waals surface area contributed by atoms with Crippen LogP contribution in [0.1, 0.15) is 27.2 Å². The minimum atomic E-state index is -3.13. The van der Waals surface area contributed by atoms with Crippen LogP contribution < -0.4 is 11.1 Å². The van der Waals surface area contributed by atoms with Crippen LogP contribution in [0.25, 0.3) is 0 Å². The molecule has 0 atom stereocenters. The Morgan fingerprint density at radius 2 is 1.94 bits per heavy atom. The summed E-state index contributed by atoms with van der Waals surface area (Å²) in [5, 5.41) is 2.66. The Hall–Kier alpha value is -0.660. The predicted octanol–water partition coefficient (Wildman–Crippen LogP) is -0.488. The number of nitrogens with one attached hydrogen (secondary N) is 1. The van der Waals surface area contributed by atoms with Crippen LogP contribution in [0.4, 0.5) is 0 Å². The highest BCUT2D eigenvalue weighted by Gasteiger charge is 2.21. The fourth-order valence-corrected chi connectivity index (χ4v) is 1.94. The molecule has 0 aliphatic carbocycles. The molecular weight excluding hydrogens is 242 g/mol. The predicted molar refractivity (Wildman–Crippen MR) is 68.0 cm³/mol. The normalized spacial score (nSPS) is 12.8. The van der Waals surface area contributed by atoms with E-state index < -0.39 is 15.6 Å². The molecule has 0 saturated heterocycles. The Balaban J connectivity index is 3.92. The molecule has 0 heterocycles. The first-order chi connectivity index (χ1) is 7.61. The molecule has 17 heavy (non-hydrogen) atoms. The molecule has 0 fully saturated rings. The molecule has 0 radical (unpaired) electrons. The van der Waals surface area contributed by atoms with E-state index in [0.717, 1.165) is 0 Å². The van der Waals surface area contributed by atoms with E-state index in [-0.39, 0.29) is 11.7 Å². The topological polar surface area (TPSA) is 92.5 Å². The summed E-state index contributed by atoms with van der Waals surface area (Å²) >= 11 is 0. The number of nitrogens with two attached hydrogens (primary N) is 1. The second-order valence-corrected chi connectivity index (χ2v) is 6.92.